The normalized spacial score (nSPS) is 11.2. The van der Waals surface area contributed by atoms with Crippen molar-refractivity contribution < 1.29 is 8.78 Å². The molecule has 0 saturated heterocycles. The van der Waals surface area contributed by atoms with Gasteiger partial charge in [-0.3, -0.25) is 4.98 Å². The molecule has 0 saturated carbocycles. The maximum atomic E-state index is 13.5. The first-order chi connectivity index (χ1) is 15.0. The number of rotatable bonds is 5. The summed E-state index contributed by atoms with van der Waals surface area (Å²) in [4.78, 5) is 16.8. The lowest BCUT2D eigenvalue weighted by Crippen LogP contribution is -2.02. The van der Waals surface area contributed by atoms with E-state index in [-0.39, 0.29) is 6.54 Å². The van der Waals surface area contributed by atoms with Crippen molar-refractivity contribution in [2.24, 2.45) is 0 Å². The Hall–Kier alpha value is -4.14. The highest BCUT2D eigenvalue weighted by Crippen LogP contribution is 2.29. The maximum absolute atomic E-state index is 13.5. The third kappa shape index (κ3) is 3.85. The minimum Gasteiger partial charge on any atom is -0.378 e. The molecule has 0 spiro atoms. The number of aromatic nitrogens is 6. The quantitative estimate of drug-likeness (QED) is 0.443. The first kappa shape index (κ1) is 18.9. The molecule has 0 amide bonds. The minimum atomic E-state index is -0.645. The van der Waals surface area contributed by atoms with Gasteiger partial charge in [0.25, 0.3) is 0 Å². The van der Waals surface area contributed by atoms with Crippen LogP contribution in [0.2, 0.25) is 0 Å². The van der Waals surface area contributed by atoms with Crippen molar-refractivity contribution in [3.8, 4) is 22.6 Å². The van der Waals surface area contributed by atoms with Gasteiger partial charge >= 0.3 is 0 Å². The summed E-state index contributed by atoms with van der Waals surface area (Å²) in [5.41, 5.74) is 4.93. The molecule has 0 aliphatic rings. The zero-order valence-electron chi connectivity index (χ0n) is 16.5. The van der Waals surface area contributed by atoms with Gasteiger partial charge in [0.2, 0.25) is 0 Å². The number of imidazole rings is 1. The molecule has 0 aliphatic heterocycles. The van der Waals surface area contributed by atoms with Crippen LogP contribution in [0, 0.1) is 18.6 Å². The molecule has 0 unspecified atom stereocenters. The van der Waals surface area contributed by atoms with Gasteiger partial charge in [0.05, 0.1) is 23.6 Å². The molecule has 31 heavy (non-hydrogen) atoms. The predicted molar refractivity (Wildman–Crippen MR) is 112 cm³/mol. The van der Waals surface area contributed by atoms with Crippen LogP contribution in [-0.2, 0) is 6.54 Å². The summed E-state index contributed by atoms with van der Waals surface area (Å²) in [6.07, 6.45) is 3.33. The second-order valence-corrected chi connectivity index (χ2v) is 7.06. The number of pyridine rings is 2. The second kappa shape index (κ2) is 7.60. The number of aromatic amines is 1. The van der Waals surface area contributed by atoms with Crippen LogP contribution in [0.25, 0.3) is 28.3 Å². The number of halogens is 2. The Bertz CT molecular complexity index is 1370. The number of nitrogens with one attached hydrogen (secondary N) is 2. The molecule has 0 fully saturated rings. The second-order valence-electron chi connectivity index (χ2n) is 7.06. The van der Waals surface area contributed by atoms with Crippen molar-refractivity contribution in [2.75, 3.05) is 5.32 Å². The maximum Gasteiger partial charge on any atom is 0.155 e. The Morgan fingerprint density at radius 1 is 1.03 bits per heavy atom. The molecule has 5 rings (SSSR count). The molecule has 0 radical (unpaired) electrons. The zero-order chi connectivity index (χ0) is 21.4. The van der Waals surface area contributed by atoms with Gasteiger partial charge in [0.1, 0.15) is 23.8 Å². The van der Waals surface area contributed by atoms with Gasteiger partial charge in [-0.15, -0.1) is 0 Å². The van der Waals surface area contributed by atoms with E-state index in [2.05, 4.69) is 25.4 Å². The van der Waals surface area contributed by atoms with Crippen molar-refractivity contribution in [1.29, 1.82) is 0 Å². The molecule has 2 N–H and O–H groups in total. The fourth-order valence-electron chi connectivity index (χ4n) is 3.38. The van der Waals surface area contributed by atoms with Gasteiger partial charge in [-0.25, -0.2) is 23.3 Å². The third-order valence-electron chi connectivity index (χ3n) is 4.77. The van der Waals surface area contributed by atoms with Gasteiger partial charge in [0, 0.05) is 29.2 Å². The number of benzene rings is 1. The van der Waals surface area contributed by atoms with E-state index in [1.54, 1.807) is 4.52 Å². The van der Waals surface area contributed by atoms with E-state index < -0.39 is 11.6 Å². The van der Waals surface area contributed by atoms with E-state index in [1.165, 1.54) is 18.5 Å². The number of nitrogens with zero attached hydrogens (tertiary/aromatic N) is 5. The molecular weight excluding hydrogens is 400 g/mol. The number of fused-ring (bicyclic) bond motifs is 1. The Labute approximate surface area is 175 Å². The van der Waals surface area contributed by atoms with Crippen LogP contribution in [0.5, 0.6) is 0 Å². The Morgan fingerprint density at radius 3 is 2.68 bits per heavy atom. The summed E-state index contributed by atoms with van der Waals surface area (Å²) in [5.74, 6) is -0.696. The van der Waals surface area contributed by atoms with Gasteiger partial charge in [-0.1, -0.05) is 6.07 Å². The average Bonchev–Trinajstić information content (AvgIpc) is 3.38. The van der Waals surface area contributed by atoms with Gasteiger partial charge in [-0.2, -0.15) is 5.10 Å². The molecule has 1 aromatic carbocycles. The Morgan fingerprint density at radius 2 is 1.87 bits per heavy atom. The number of anilines is 1. The highest BCUT2D eigenvalue weighted by Gasteiger charge is 2.16. The van der Waals surface area contributed by atoms with Crippen LogP contribution in [0.4, 0.5) is 14.5 Å². The van der Waals surface area contributed by atoms with E-state index in [4.69, 9.17) is 4.98 Å². The summed E-state index contributed by atoms with van der Waals surface area (Å²) in [6.45, 7) is 2.16. The Kier molecular flexibility index (Phi) is 4.62. The molecular formula is C22H17F2N7. The number of hydrogen-bond donors (Lipinski definition) is 2. The van der Waals surface area contributed by atoms with Crippen molar-refractivity contribution >= 4 is 11.3 Å². The monoisotopic (exact) mass is 417 g/mol. The number of aryl methyl sites for hydroxylation is 1. The number of H-pyrrole nitrogens is 1. The first-order valence-electron chi connectivity index (χ1n) is 9.58. The molecule has 7 nitrogen and oxygen atoms in total. The van der Waals surface area contributed by atoms with E-state index >= 15 is 0 Å². The molecule has 4 aromatic heterocycles. The molecule has 154 valence electrons. The largest absolute Gasteiger partial charge is 0.378 e. The van der Waals surface area contributed by atoms with Crippen molar-refractivity contribution in [3.63, 3.8) is 0 Å². The van der Waals surface area contributed by atoms with E-state index in [0.29, 0.717) is 17.2 Å². The molecule has 4 heterocycles. The highest BCUT2D eigenvalue weighted by atomic mass is 19.1. The molecule has 0 atom stereocenters. The molecule has 0 bridgehead atoms. The predicted octanol–water partition coefficient (Wildman–Crippen LogP) is 4.38. The summed E-state index contributed by atoms with van der Waals surface area (Å²) in [7, 11) is 0. The molecule has 0 aliphatic carbocycles. The smallest absolute Gasteiger partial charge is 0.155 e. The van der Waals surface area contributed by atoms with Crippen LogP contribution in [0.3, 0.4) is 0 Å². The minimum absolute atomic E-state index is 0.243. The lowest BCUT2D eigenvalue weighted by atomic mass is 10.1. The molecule has 9 heteroatoms. The number of hydrogen-bond acceptors (Lipinski definition) is 5. The summed E-state index contributed by atoms with van der Waals surface area (Å²) >= 11 is 0. The first-order valence-corrected chi connectivity index (χ1v) is 9.58. The van der Waals surface area contributed by atoms with Crippen LogP contribution in [0.15, 0.2) is 61.1 Å². The fourth-order valence-corrected chi connectivity index (χ4v) is 3.38. The SMILES string of the molecule is Cc1cccc(-c2[nH]c(CNc3cc(F)cc(F)c3)nc2-c2ccc3ncnn3c2)n1. The molecule has 5 aromatic rings. The van der Waals surface area contributed by atoms with Gasteiger partial charge < -0.3 is 10.3 Å². The van der Waals surface area contributed by atoms with Crippen LogP contribution in [-0.4, -0.2) is 29.5 Å². The third-order valence-corrected chi connectivity index (χ3v) is 4.77. The zero-order valence-corrected chi connectivity index (χ0v) is 16.5. The van der Waals surface area contributed by atoms with E-state index in [9.17, 15) is 8.78 Å². The summed E-state index contributed by atoms with van der Waals surface area (Å²) < 4.78 is 28.6. The topological polar surface area (TPSA) is 83.8 Å². The van der Waals surface area contributed by atoms with Gasteiger partial charge in [-0.05, 0) is 43.3 Å². The van der Waals surface area contributed by atoms with Crippen LogP contribution in [0.1, 0.15) is 11.5 Å². The van der Waals surface area contributed by atoms with E-state index in [0.717, 1.165) is 34.4 Å². The van der Waals surface area contributed by atoms with Crippen molar-refractivity contribution in [3.05, 3.63) is 84.2 Å². The van der Waals surface area contributed by atoms with E-state index in [1.807, 2.05) is 43.5 Å². The van der Waals surface area contributed by atoms with Crippen molar-refractivity contribution in [2.45, 2.75) is 13.5 Å². The summed E-state index contributed by atoms with van der Waals surface area (Å²) in [5, 5.41) is 7.19. The lowest BCUT2D eigenvalue weighted by molar-refractivity contribution is 0.584. The van der Waals surface area contributed by atoms with Crippen LogP contribution >= 0.6 is 0 Å². The lowest BCUT2D eigenvalue weighted by Gasteiger charge is -2.04. The fraction of sp³-hybridized carbons (Fsp3) is 0.0909. The van der Waals surface area contributed by atoms with Gasteiger partial charge in [0.15, 0.2) is 5.65 Å². The highest BCUT2D eigenvalue weighted by molar-refractivity contribution is 5.77. The standard InChI is InChI=1S/C22H17F2N7/c1-13-3-2-4-18(28-13)22-21(14-5-6-20-26-12-27-31(20)11-14)29-19(30-22)10-25-17-8-15(23)7-16(24)9-17/h2-9,11-12,25H,10H2,1H3,(H,29,30). The summed E-state index contributed by atoms with van der Waals surface area (Å²) in [6, 6.07) is 12.8. The Balaban J connectivity index is 1.54. The average molecular weight is 417 g/mol. The van der Waals surface area contributed by atoms with Crippen LogP contribution < -0.4 is 5.32 Å². The van der Waals surface area contributed by atoms with Crippen molar-refractivity contribution in [1.82, 2.24) is 29.5 Å².